The molecule has 2 aliphatic heterocycles. The van der Waals surface area contributed by atoms with Crippen LogP contribution in [0, 0.1) is 11.2 Å². The van der Waals surface area contributed by atoms with Crippen molar-refractivity contribution in [3.05, 3.63) is 35.6 Å². The molecule has 2 heterocycles. The van der Waals surface area contributed by atoms with Gasteiger partial charge in [-0.1, -0.05) is 18.6 Å². The van der Waals surface area contributed by atoms with E-state index < -0.39 is 17.5 Å². The van der Waals surface area contributed by atoms with E-state index in [1.807, 2.05) is 0 Å². The van der Waals surface area contributed by atoms with Crippen molar-refractivity contribution >= 4 is 5.97 Å². The molecule has 3 rings (SSSR count). The van der Waals surface area contributed by atoms with Crippen LogP contribution in [-0.2, 0) is 11.2 Å². The van der Waals surface area contributed by atoms with Crippen molar-refractivity contribution in [2.75, 3.05) is 32.7 Å². The summed E-state index contributed by atoms with van der Waals surface area (Å²) in [6, 6.07) is 6.04. The minimum absolute atomic E-state index is 0.0498. The second-order valence-electron chi connectivity index (χ2n) is 9.14. The van der Waals surface area contributed by atoms with Crippen LogP contribution in [0.4, 0.5) is 4.39 Å². The molecule has 0 unspecified atom stereocenters. The first-order valence-corrected chi connectivity index (χ1v) is 10.4. The Morgan fingerprint density at radius 2 is 1.96 bits per heavy atom. The van der Waals surface area contributed by atoms with E-state index in [0.717, 1.165) is 19.6 Å². The molecular weight excluding hydrogens is 359 g/mol. The summed E-state index contributed by atoms with van der Waals surface area (Å²) >= 11 is 0. The molecule has 1 aromatic rings. The molecule has 6 heteroatoms. The normalized spacial score (nSPS) is 27.6. The SMILES string of the molecule is CC(C)(CN1CC[C@H](O)[C@](Cc2cccc(F)c2)(C(=O)O)C1)N1CCCCC1. The lowest BCUT2D eigenvalue weighted by Crippen LogP contribution is -2.61. The summed E-state index contributed by atoms with van der Waals surface area (Å²) in [5, 5.41) is 20.7. The molecule has 2 N–H and O–H groups in total. The van der Waals surface area contributed by atoms with Crippen LogP contribution in [0.1, 0.15) is 45.1 Å². The van der Waals surface area contributed by atoms with E-state index in [2.05, 4.69) is 23.6 Å². The number of carbonyl (C=O) groups is 1. The van der Waals surface area contributed by atoms with Gasteiger partial charge in [-0.15, -0.1) is 0 Å². The molecule has 2 aliphatic rings. The number of nitrogens with zero attached hydrogens (tertiary/aromatic N) is 2. The summed E-state index contributed by atoms with van der Waals surface area (Å²) in [5.41, 5.74) is -0.755. The molecule has 2 atom stereocenters. The zero-order chi connectivity index (χ0) is 20.4. The van der Waals surface area contributed by atoms with Gasteiger partial charge in [0.2, 0.25) is 0 Å². The van der Waals surface area contributed by atoms with E-state index in [4.69, 9.17) is 0 Å². The van der Waals surface area contributed by atoms with Crippen LogP contribution in [-0.4, -0.2) is 70.3 Å². The number of benzene rings is 1. The molecule has 0 spiro atoms. The minimum Gasteiger partial charge on any atom is -0.481 e. The zero-order valence-corrected chi connectivity index (χ0v) is 17.0. The van der Waals surface area contributed by atoms with Crippen LogP contribution in [0.25, 0.3) is 0 Å². The first kappa shape index (κ1) is 21.2. The topological polar surface area (TPSA) is 64.0 Å². The number of halogens is 1. The highest BCUT2D eigenvalue weighted by atomic mass is 19.1. The van der Waals surface area contributed by atoms with Crippen molar-refractivity contribution in [1.29, 1.82) is 0 Å². The standard InChI is InChI=1S/C22H33FN2O3/c1-21(2,25-10-4-3-5-11-25)15-24-12-9-19(26)22(16-24,20(27)28)14-17-7-6-8-18(23)13-17/h6-8,13,19,26H,3-5,9-12,14-16H2,1-2H3,(H,27,28)/t19-,22+/m0/s1. The Morgan fingerprint density at radius 3 is 2.61 bits per heavy atom. The Labute approximate surface area is 167 Å². The fourth-order valence-electron chi connectivity index (χ4n) is 4.92. The molecule has 1 aromatic carbocycles. The van der Waals surface area contributed by atoms with Crippen molar-refractivity contribution in [2.45, 2.75) is 57.6 Å². The molecule has 5 nitrogen and oxygen atoms in total. The second-order valence-corrected chi connectivity index (χ2v) is 9.14. The van der Waals surface area contributed by atoms with Gasteiger partial charge in [0.15, 0.2) is 0 Å². The Hall–Kier alpha value is -1.50. The van der Waals surface area contributed by atoms with Crippen LogP contribution in [0.3, 0.4) is 0 Å². The van der Waals surface area contributed by atoms with Crippen molar-refractivity contribution in [3.8, 4) is 0 Å². The van der Waals surface area contributed by atoms with Crippen molar-refractivity contribution in [3.63, 3.8) is 0 Å². The molecule has 0 amide bonds. The lowest BCUT2D eigenvalue weighted by molar-refractivity contribution is -0.164. The lowest BCUT2D eigenvalue weighted by atomic mass is 9.72. The third-order valence-corrected chi connectivity index (χ3v) is 6.52. The van der Waals surface area contributed by atoms with Gasteiger partial charge in [-0.25, -0.2) is 4.39 Å². The number of hydrogen-bond donors (Lipinski definition) is 2. The third kappa shape index (κ3) is 4.56. The number of aliphatic hydroxyl groups is 1. The molecule has 0 aromatic heterocycles. The van der Waals surface area contributed by atoms with Gasteiger partial charge in [0.05, 0.1) is 6.10 Å². The second kappa shape index (κ2) is 8.47. The number of aliphatic hydroxyl groups excluding tert-OH is 1. The number of carboxylic acids is 1. The molecule has 28 heavy (non-hydrogen) atoms. The smallest absolute Gasteiger partial charge is 0.313 e. The van der Waals surface area contributed by atoms with Crippen molar-refractivity contribution < 1.29 is 19.4 Å². The molecule has 0 aliphatic carbocycles. The van der Waals surface area contributed by atoms with E-state index in [1.165, 1.54) is 31.4 Å². The summed E-state index contributed by atoms with van der Waals surface area (Å²) in [6.07, 6.45) is 3.29. The summed E-state index contributed by atoms with van der Waals surface area (Å²) in [6.45, 7) is 8.32. The quantitative estimate of drug-likeness (QED) is 0.779. The highest BCUT2D eigenvalue weighted by Crippen LogP contribution is 2.36. The van der Waals surface area contributed by atoms with Crippen LogP contribution in [0.15, 0.2) is 24.3 Å². The summed E-state index contributed by atoms with van der Waals surface area (Å²) in [5.74, 6) is -1.39. The number of aliphatic carboxylic acids is 1. The van der Waals surface area contributed by atoms with Crippen molar-refractivity contribution in [1.82, 2.24) is 9.80 Å². The predicted molar refractivity (Wildman–Crippen MR) is 107 cm³/mol. The fraction of sp³-hybridized carbons (Fsp3) is 0.682. The van der Waals surface area contributed by atoms with Crippen LogP contribution in [0.2, 0.25) is 0 Å². The van der Waals surface area contributed by atoms with Gasteiger partial charge >= 0.3 is 5.97 Å². The first-order valence-electron chi connectivity index (χ1n) is 10.4. The Morgan fingerprint density at radius 1 is 1.25 bits per heavy atom. The summed E-state index contributed by atoms with van der Waals surface area (Å²) in [4.78, 5) is 17.0. The highest BCUT2D eigenvalue weighted by molar-refractivity contribution is 5.76. The highest BCUT2D eigenvalue weighted by Gasteiger charge is 2.50. The van der Waals surface area contributed by atoms with E-state index in [9.17, 15) is 19.4 Å². The largest absolute Gasteiger partial charge is 0.481 e. The van der Waals surface area contributed by atoms with Gasteiger partial charge in [-0.2, -0.15) is 0 Å². The van der Waals surface area contributed by atoms with Crippen molar-refractivity contribution in [2.24, 2.45) is 5.41 Å². The van der Waals surface area contributed by atoms with Gasteiger partial charge < -0.3 is 15.1 Å². The average Bonchev–Trinajstić information content (AvgIpc) is 2.65. The summed E-state index contributed by atoms with van der Waals surface area (Å²) in [7, 11) is 0. The van der Waals surface area contributed by atoms with E-state index >= 15 is 0 Å². The molecule has 0 bridgehead atoms. The van der Waals surface area contributed by atoms with E-state index in [0.29, 0.717) is 18.5 Å². The van der Waals surface area contributed by atoms with Gasteiger partial charge in [0, 0.05) is 25.2 Å². The number of rotatable bonds is 6. The summed E-state index contributed by atoms with van der Waals surface area (Å²) < 4.78 is 13.6. The maximum absolute atomic E-state index is 13.6. The van der Waals surface area contributed by atoms with Gasteiger partial charge in [-0.05, 0) is 70.3 Å². The van der Waals surface area contributed by atoms with E-state index in [-0.39, 0.29) is 24.3 Å². The maximum atomic E-state index is 13.6. The van der Waals surface area contributed by atoms with E-state index in [1.54, 1.807) is 12.1 Å². The molecular formula is C22H33FN2O3. The van der Waals surface area contributed by atoms with Gasteiger partial charge in [0.1, 0.15) is 11.2 Å². The predicted octanol–water partition coefficient (Wildman–Crippen LogP) is 2.77. The number of likely N-dealkylation sites (tertiary alicyclic amines) is 2. The first-order chi connectivity index (χ1) is 13.2. The van der Waals surface area contributed by atoms with Gasteiger partial charge in [-0.3, -0.25) is 9.69 Å². The Kier molecular flexibility index (Phi) is 6.42. The number of carboxylic acid groups (broad SMARTS) is 1. The van der Waals surface area contributed by atoms with Gasteiger partial charge in [0.25, 0.3) is 0 Å². The number of piperidine rings is 2. The molecule has 2 saturated heterocycles. The zero-order valence-electron chi connectivity index (χ0n) is 17.0. The third-order valence-electron chi connectivity index (χ3n) is 6.52. The Balaban J connectivity index is 1.77. The Bertz CT molecular complexity index is 690. The van der Waals surface area contributed by atoms with Crippen LogP contribution >= 0.6 is 0 Å². The molecule has 2 fully saturated rings. The molecule has 156 valence electrons. The maximum Gasteiger partial charge on any atom is 0.313 e. The lowest BCUT2D eigenvalue weighted by Gasteiger charge is -2.48. The molecule has 0 radical (unpaired) electrons. The van der Waals surface area contributed by atoms with Crippen LogP contribution in [0.5, 0.6) is 0 Å². The monoisotopic (exact) mass is 392 g/mol. The molecule has 0 saturated carbocycles. The van der Waals surface area contributed by atoms with Crippen LogP contribution < -0.4 is 0 Å². The fourth-order valence-corrected chi connectivity index (χ4v) is 4.92. The number of hydrogen-bond acceptors (Lipinski definition) is 4. The average molecular weight is 393 g/mol. The minimum atomic E-state index is -1.32.